The highest BCUT2D eigenvalue weighted by Crippen LogP contribution is 2.34. The summed E-state index contributed by atoms with van der Waals surface area (Å²) in [6.45, 7) is 0.891. The summed E-state index contributed by atoms with van der Waals surface area (Å²) in [5.41, 5.74) is 0.918. The maximum absolute atomic E-state index is 12.6. The highest BCUT2D eigenvalue weighted by Gasteiger charge is 2.40. The largest absolute Gasteiger partial charge is 0.344 e. The van der Waals surface area contributed by atoms with Crippen LogP contribution in [0.2, 0.25) is 10.0 Å². The van der Waals surface area contributed by atoms with Gasteiger partial charge in [-0.05, 0) is 36.5 Å². The molecule has 1 aliphatic heterocycles. The molecule has 1 atom stereocenters. The minimum absolute atomic E-state index is 0.00872. The van der Waals surface area contributed by atoms with E-state index in [-0.39, 0.29) is 17.9 Å². The number of hydrogen-bond donors (Lipinski definition) is 1. The van der Waals surface area contributed by atoms with E-state index in [1.54, 1.807) is 17.0 Å². The normalized spacial score (nSPS) is 23.0. The van der Waals surface area contributed by atoms with E-state index in [1.165, 1.54) is 0 Å². The van der Waals surface area contributed by atoms with Gasteiger partial charge in [-0.3, -0.25) is 9.59 Å². The second-order valence-electron chi connectivity index (χ2n) is 5.64. The third kappa shape index (κ3) is 3.33. The molecule has 0 spiro atoms. The van der Waals surface area contributed by atoms with Crippen molar-refractivity contribution >= 4 is 35.0 Å². The first-order chi connectivity index (χ1) is 10.0. The molecule has 1 unspecified atom stereocenters. The zero-order valence-corrected chi connectivity index (χ0v) is 13.0. The smallest absolute Gasteiger partial charge is 0.245 e. The molecule has 0 bridgehead atoms. The first-order valence-electron chi connectivity index (χ1n) is 7.06. The van der Waals surface area contributed by atoms with E-state index < -0.39 is 0 Å². The molecule has 0 radical (unpaired) electrons. The molecule has 1 aliphatic carbocycles. The van der Waals surface area contributed by atoms with E-state index in [2.05, 4.69) is 5.32 Å². The average Bonchev–Trinajstić information content (AvgIpc) is 3.28. The number of amides is 2. The van der Waals surface area contributed by atoms with Crippen molar-refractivity contribution < 1.29 is 9.59 Å². The first-order valence-corrected chi connectivity index (χ1v) is 7.82. The van der Waals surface area contributed by atoms with E-state index in [0.29, 0.717) is 35.5 Å². The van der Waals surface area contributed by atoms with Crippen LogP contribution in [0.3, 0.4) is 0 Å². The van der Waals surface area contributed by atoms with E-state index in [0.717, 1.165) is 18.4 Å². The molecule has 1 aromatic carbocycles. The Balaban J connectivity index is 1.77. The molecule has 6 heteroatoms. The van der Waals surface area contributed by atoms with Crippen LogP contribution < -0.4 is 5.32 Å². The molecule has 2 aliphatic rings. The lowest BCUT2D eigenvalue weighted by Gasteiger charge is -2.24. The summed E-state index contributed by atoms with van der Waals surface area (Å²) in [6.07, 6.45) is 2.37. The van der Waals surface area contributed by atoms with Crippen molar-refractivity contribution in [3.8, 4) is 0 Å². The molecule has 1 saturated carbocycles. The van der Waals surface area contributed by atoms with Gasteiger partial charge in [0, 0.05) is 19.5 Å². The Kier molecular flexibility index (Phi) is 4.09. The highest BCUT2D eigenvalue weighted by atomic mass is 35.5. The predicted molar refractivity (Wildman–Crippen MR) is 81.2 cm³/mol. The Morgan fingerprint density at radius 2 is 1.95 bits per heavy atom. The second-order valence-corrected chi connectivity index (χ2v) is 6.46. The fourth-order valence-corrected chi connectivity index (χ4v) is 2.94. The summed E-state index contributed by atoms with van der Waals surface area (Å²) in [4.78, 5) is 26.1. The standard InChI is InChI=1S/C15H16Cl2N2O2/c16-11-4-1-9(7-12(11)17)8-19-6-5-13(20)18-14(15(19)21)10-2-3-10/h1,4,7,10,14H,2-3,5-6,8H2,(H,18,20). The van der Waals surface area contributed by atoms with Gasteiger partial charge in [-0.25, -0.2) is 0 Å². The molecule has 21 heavy (non-hydrogen) atoms. The van der Waals surface area contributed by atoms with E-state index in [9.17, 15) is 9.59 Å². The van der Waals surface area contributed by atoms with Gasteiger partial charge < -0.3 is 10.2 Å². The summed E-state index contributed by atoms with van der Waals surface area (Å²) < 4.78 is 0. The molecule has 112 valence electrons. The topological polar surface area (TPSA) is 49.4 Å². The number of rotatable bonds is 3. The monoisotopic (exact) mass is 326 g/mol. The summed E-state index contributed by atoms with van der Waals surface area (Å²) in [6, 6.07) is 4.99. The van der Waals surface area contributed by atoms with Crippen LogP contribution >= 0.6 is 23.2 Å². The van der Waals surface area contributed by atoms with Gasteiger partial charge in [-0.15, -0.1) is 0 Å². The van der Waals surface area contributed by atoms with E-state index in [1.807, 2.05) is 6.07 Å². The van der Waals surface area contributed by atoms with Crippen LogP contribution in [0.25, 0.3) is 0 Å². The Morgan fingerprint density at radius 3 is 2.62 bits per heavy atom. The molecule has 1 heterocycles. The summed E-state index contributed by atoms with van der Waals surface area (Å²) in [5, 5.41) is 3.82. The number of carbonyl (C=O) groups excluding carboxylic acids is 2. The zero-order chi connectivity index (χ0) is 15.0. The minimum Gasteiger partial charge on any atom is -0.344 e. The van der Waals surface area contributed by atoms with Gasteiger partial charge >= 0.3 is 0 Å². The lowest BCUT2D eigenvalue weighted by Crippen LogP contribution is -2.45. The van der Waals surface area contributed by atoms with Crippen LogP contribution in [0, 0.1) is 5.92 Å². The van der Waals surface area contributed by atoms with Crippen molar-refractivity contribution in [3.63, 3.8) is 0 Å². The SMILES string of the molecule is O=C1CCN(Cc2ccc(Cl)c(Cl)c2)C(=O)C(C2CC2)N1. The van der Waals surface area contributed by atoms with Crippen LogP contribution in [-0.2, 0) is 16.1 Å². The molecule has 4 nitrogen and oxygen atoms in total. The third-order valence-electron chi connectivity index (χ3n) is 3.95. The van der Waals surface area contributed by atoms with Crippen molar-refractivity contribution in [2.24, 2.45) is 5.92 Å². The van der Waals surface area contributed by atoms with Crippen LogP contribution in [-0.4, -0.2) is 29.3 Å². The number of benzene rings is 1. The highest BCUT2D eigenvalue weighted by molar-refractivity contribution is 6.42. The zero-order valence-electron chi connectivity index (χ0n) is 11.4. The molecule has 2 amide bonds. The van der Waals surface area contributed by atoms with Gasteiger partial charge in [0.05, 0.1) is 10.0 Å². The van der Waals surface area contributed by atoms with Crippen molar-refractivity contribution in [1.82, 2.24) is 10.2 Å². The van der Waals surface area contributed by atoms with Crippen LogP contribution in [0.5, 0.6) is 0 Å². The fraction of sp³-hybridized carbons (Fsp3) is 0.467. The maximum Gasteiger partial charge on any atom is 0.245 e. The quantitative estimate of drug-likeness (QED) is 0.928. The van der Waals surface area contributed by atoms with Crippen molar-refractivity contribution in [2.45, 2.75) is 31.8 Å². The predicted octanol–water partition coefficient (Wildman–Crippen LogP) is 2.62. The van der Waals surface area contributed by atoms with Gasteiger partial charge in [0.1, 0.15) is 6.04 Å². The number of hydrogen-bond acceptors (Lipinski definition) is 2. The minimum atomic E-state index is -0.359. The third-order valence-corrected chi connectivity index (χ3v) is 4.69. The van der Waals surface area contributed by atoms with E-state index in [4.69, 9.17) is 23.2 Å². The average molecular weight is 327 g/mol. The van der Waals surface area contributed by atoms with Crippen LogP contribution in [0.4, 0.5) is 0 Å². The summed E-state index contributed by atoms with van der Waals surface area (Å²) in [7, 11) is 0. The number of nitrogens with zero attached hydrogens (tertiary/aromatic N) is 1. The van der Waals surface area contributed by atoms with Gasteiger partial charge in [0.2, 0.25) is 11.8 Å². The Morgan fingerprint density at radius 1 is 1.19 bits per heavy atom. The molecule has 3 rings (SSSR count). The lowest BCUT2D eigenvalue weighted by molar-refractivity contribution is -0.134. The molecule has 1 N–H and O–H groups in total. The first kappa shape index (κ1) is 14.7. The molecule has 1 saturated heterocycles. The summed E-state index contributed by atoms with van der Waals surface area (Å²) >= 11 is 11.9. The lowest BCUT2D eigenvalue weighted by atomic mass is 10.1. The Labute approximate surface area is 133 Å². The van der Waals surface area contributed by atoms with Crippen molar-refractivity contribution in [2.75, 3.05) is 6.54 Å². The van der Waals surface area contributed by atoms with Crippen molar-refractivity contribution in [3.05, 3.63) is 33.8 Å². The molecule has 2 fully saturated rings. The van der Waals surface area contributed by atoms with Crippen LogP contribution in [0.15, 0.2) is 18.2 Å². The second kappa shape index (κ2) is 5.85. The maximum atomic E-state index is 12.6. The van der Waals surface area contributed by atoms with E-state index >= 15 is 0 Å². The Bertz CT molecular complexity index is 587. The number of carbonyl (C=O) groups is 2. The Hall–Kier alpha value is -1.26. The van der Waals surface area contributed by atoms with Crippen molar-refractivity contribution in [1.29, 1.82) is 0 Å². The molecule has 1 aromatic rings. The van der Waals surface area contributed by atoms with Gasteiger partial charge in [-0.2, -0.15) is 0 Å². The van der Waals surface area contributed by atoms with Crippen LogP contribution in [0.1, 0.15) is 24.8 Å². The fourth-order valence-electron chi connectivity index (χ4n) is 2.62. The molecular weight excluding hydrogens is 311 g/mol. The summed E-state index contributed by atoms with van der Waals surface area (Å²) in [5.74, 6) is 0.266. The molecular formula is C15H16Cl2N2O2. The van der Waals surface area contributed by atoms with Gasteiger partial charge in [0.25, 0.3) is 0 Å². The number of nitrogens with one attached hydrogen (secondary N) is 1. The van der Waals surface area contributed by atoms with Gasteiger partial charge in [0.15, 0.2) is 0 Å². The van der Waals surface area contributed by atoms with Gasteiger partial charge in [-0.1, -0.05) is 29.3 Å². The molecule has 0 aromatic heterocycles. The number of halogens is 2.